The molecule has 11 rings (SSSR count). The molecule has 0 bridgehead atoms. The Kier molecular flexibility index (Phi) is 6.49. The van der Waals surface area contributed by atoms with Crippen molar-refractivity contribution in [3.8, 4) is 39.5 Å². The van der Waals surface area contributed by atoms with Gasteiger partial charge in [-0.2, -0.15) is 0 Å². The molecule has 0 spiro atoms. The predicted molar refractivity (Wildman–Crippen MR) is 221 cm³/mol. The van der Waals surface area contributed by atoms with Crippen LogP contribution in [-0.4, -0.2) is 14.5 Å². The maximum absolute atomic E-state index is 15.9. The second kappa shape index (κ2) is 11.4. The molecule has 4 nitrogen and oxygen atoms in total. The molecule has 8 aromatic carbocycles. The number of hydrogen-bond donors (Lipinski definition) is 0. The zero-order valence-corrected chi connectivity index (χ0v) is 29.4. The van der Waals surface area contributed by atoms with Crippen LogP contribution in [0.2, 0.25) is 0 Å². The van der Waals surface area contributed by atoms with E-state index in [2.05, 4.69) is 126 Å². The summed E-state index contributed by atoms with van der Waals surface area (Å²) in [6.45, 7) is 0. The molecule has 10 aromatic rings. The number of benzene rings is 8. The maximum Gasteiger partial charge on any atom is 0.174 e. The lowest BCUT2D eigenvalue weighted by Crippen LogP contribution is -2.22. The zero-order chi connectivity index (χ0) is 35.1. The van der Waals surface area contributed by atoms with E-state index in [1.165, 1.54) is 10.8 Å². The zero-order valence-electron chi connectivity index (χ0n) is 28.5. The van der Waals surface area contributed by atoms with E-state index in [0.29, 0.717) is 5.82 Å². The average molecular weight is 696 g/mol. The summed E-state index contributed by atoms with van der Waals surface area (Å²) in [6, 6.07) is 62.7. The second-order valence-corrected chi connectivity index (χ2v) is 16.4. The van der Waals surface area contributed by atoms with Crippen molar-refractivity contribution in [3.05, 3.63) is 182 Å². The summed E-state index contributed by atoms with van der Waals surface area (Å²) in [6.07, 6.45) is 0. The van der Waals surface area contributed by atoms with Gasteiger partial charge in [-0.05, 0) is 64.4 Å². The van der Waals surface area contributed by atoms with Gasteiger partial charge in [-0.3, -0.25) is 0 Å². The minimum atomic E-state index is -3.22. The van der Waals surface area contributed by atoms with Gasteiger partial charge in [-0.15, -0.1) is 0 Å². The van der Waals surface area contributed by atoms with Crippen LogP contribution in [0.5, 0.6) is 0 Å². The van der Waals surface area contributed by atoms with Gasteiger partial charge < -0.3 is 9.13 Å². The fourth-order valence-electron chi connectivity index (χ4n) is 8.37. The molecular weight excluding hydrogens is 666 g/mol. The average Bonchev–Trinajstić information content (AvgIpc) is 3.70. The van der Waals surface area contributed by atoms with Crippen LogP contribution >= 0.6 is 7.14 Å². The smallest absolute Gasteiger partial charge is 0.174 e. The van der Waals surface area contributed by atoms with E-state index in [0.717, 1.165) is 82.3 Å². The normalized spacial score (nSPS) is 14.9. The quantitative estimate of drug-likeness (QED) is 0.172. The molecule has 0 radical (unpaired) electrons. The summed E-state index contributed by atoms with van der Waals surface area (Å²) in [5.74, 6) is 0.672. The van der Waals surface area contributed by atoms with Crippen LogP contribution in [0.1, 0.15) is 0 Å². The Morgan fingerprint density at radius 1 is 0.491 bits per heavy atom. The first-order valence-corrected chi connectivity index (χ1v) is 19.6. The van der Waals surface area contributed by atoms with Gasteiger partial charge in [-0.1, -0.05) is 140 Å². The predicted octanol–water partition coefficient (Wildman–Crippen LogP) is 10.8. The topological polar surface area (TPSA) is 47.8 Å². The number of nitrogens with zero attached hydrogens (tertiary/aromatic N) is 3. The first kappa shape index (κ1) is 30.1. The van der Waals surface area contributed by atoms with E-state index in [4.69, 9.17) is 9.97 Å². The van der Waals surface area contributed by atoms with E-state index >= 15 is 4.57 Å². The molecule has 1 unspecified atom stereocenters. The van der Waals surface area contributed by atoms with Crippen LogP contribution in [0, 0.1) is 0 Å². The van der Waals surface area contributed by atoms with Gasteiger partial charge in [0.2, 0.25) is 0 Å². The van der Waals surface area contributed by atoms with E-state index in [-0.39, 0.29) is 0 Å². The van der Waals surface area contributed by atoms with Crippen LogP contribution in [0.15, 0.2) is 182 Å². The number of hydrogen-bond acceptors (Lipinski definition) is 3. The molecule has 1 aliphatic heterocycles. The number of rotatable bonds is 4. The minimum absolute atomic E-state index is 0.672. The Bertz CT molecular complexity index is 3150. The van der Waals surface area contributed by atoms with Gasteiger partial charge in [0, 0.05) is 43.6 Å². The molecule has 1 aliphatic rings. The lowest BCUT2D eigenvalue weighted by Gasteiger charge is -2.18. The van der Waals surface area contributed by atoms with Crippen molar-refractivity contribution in [1.29, 1.82) is 0 Å². The number of fused-ring (bicyclic) bond motifs is 9. The fraction of sp³-hybridized carbons (Fsp3) is 0. The summed E-state index contributed by atoms with van der Waals surface area (Å²) in [7, 11) is -3.22. The van der Waals surface area contributed by atoms with E-state index in [1.54, 1.807) is 0 Å². The van der Waals surface area contributed by atoms with Crippen molar-refractivity contribution in [3.63, 3.8) is 0 Å². The lowest BCUT2D eigenvalue weighted by molar-refractivity contribution is 0.593. The largest absolute Gasteiger partial charge is 0.309 e. The SMILES string of the molecule is O=P1(c2ccccc2)c2ccccc2-c2ccc3c4ccccc4n(-c4ccc(-c5nc(-c6ccc7ccccc7c6)c6ccccc6n5)cc4)c3c21. The molecule has 0 saturated heterocycles. The summed E-state index contributed by atoms with van der Waals surface area (Å²) in [4.78, 5) is 10.3. The van der Waals surface area contributed by atoms with Crippen molar-refractivity contribution >= 4 is 66.5 Å². The summed E-state index contributed by atoms with van der Waals surface area (Å²) < 4.78 is 18.2. The first-order chi connectivity index (χ1) is 26.2. The van der Waals surface area contributed by atoms with Crippen molar-refractivity contribution in [2.24, 2.45) is 0 Å². The van der Waals surface area contributed by atoms with Gasteiger partial charge in [0.25, 0.3) is 0 Å². The summed E-state index contributed by atoms with van der Waals surface area (Å²) in [5.41, 5.74) is 8.91. The van der Waals surface area contributed by atoms with Crippen molar-refractivity contribution in [1.82, 2.24) is 14.5 Å². The third kappa shape index (κ3) is 4.40. The molecule has 248 valence electrons. The minimum Gasteiger partial charge on any atom is -0.309 e. The lowest BCUT2D eigenvalue weighted by atomic mass is 10.0. The van der Waals surface area contributed by atoms with Gasteiger partial charge in [-0.25, -0.2) is 9.97 Å². The molecule has 5 heteroatoms. The van der Waals surface area contributed by atoms with E-state index < -0.39 is 7.14 Å². The third-order valence-corrected chi connectivity index (χ3v) is 14.0. The summed E-state index contributed by atoms with van der Waals surface area (Å²) >= 11 is 0. The highest BCUT2D eigenvalue weighted by molar-refractivity contribution is 7.86. The Labute approximate surface area is 306 Å². The highest BCUT2D eigenvalue weighted by atomic mass is 31.2. The van der Waals surface area contributed by atoms with Crippen molar-refractivity contribution in [2.45, 2.75) is 0 Å². The van der Waals surface area contributed by atoms with Gasteiger partial charge >= 0.3 is 0 Å². The van der Waals surface area contributed by atoms with Gasteiger partial charge in [0.15, 0.2) is 13.0 Å². The van der Waals surface area contributed by atoms with E-state index in [1.807, 2.05) is 60.7 Å². The van der Waals surface area contributed by atoms with Gasteiger partial charge in [0.05, 0.1) is 27.5 Å². The summed E-state index contributed by atoms with van der Waals surface area (Å²) in [5, 5.41) is 8.26. The second-order valence-electron chi connectivity index (χ2n) is 13.7. The molecule has 0 N–H and O–H groups in total. The molecule has 0 saturated carbocycles. The van der Waals surface area contributed by atoms with Crippen molar-refractivity contribution in [2.75, 3.05) is 0 Å². The Morgan fingerprint density at radius 3 is 2.06 bits per heavy atom. The highest BCUT2D eigenvalue weighted by Gasteiger charge is 2.42. The van der Waals surface area contributed by atoms with Crippen LogP contribution < -0.4 is 15.9 Å². The molecule has 2 aromatic heterocycles. The van der Waals surface area contributed by atoms with Crippen LogP contribution in [0.4, 0.5) is 0 Å². The number of para-hydroxylation sites is 2. The van der Waals surface area contributed by atoms with Gasteiger partial charge in [0.1, 0.15) is 0 Å². The third-order valence-electron chi connectivity index (χ3n) is 10.8. The van der Waals surface area contributed by atoms with Crippen molar-refractivity contribution < 1.29 is 4.57 Å². The maximum atomic E-state index is 15.9. The fourth-order valence-corrected chi connectivity index (χ4v) is 11.6. The molecule has 0 aliphatic carbocycles. The first-order valence-electron chi connectivity index (χ1n) is 17.9. The van der Waals surface area contributed by atoms with E-state index in [9.17, 15) is 0 Å². The Balaban J connectivity index is 1.12. The molecule has 0 fully saturated rings. The Morgan fingerprint density at radius 2 is 1.19 bits per heavy atom. The molecule has 0 amide bonds. The van der Waals surface area contributed by atoms with Crippen LogP contribution in [-0.2, 0) is 4.57 Å². The monoisotopic (exact) mass is 695 g/mol. The Hall–Kier alpha value is -6.61. The molecule has 1 atom stereocenters. The van der Waals surface area contributed by atoms with Crippen LogP contribution in [0.3, 0.4) is 0 Å². The molecule has 53 heavy (non-hydrogen) atoms. The van der Waals surface area contributed by atoms with Crippen LogP contribution in [0.25, 0.3) is 82.9 Å². The highest BCUT2D eigenvalue weighted by Crippen LogP contribution is 2.55. The molecular formula is C48H30N3OP. The number of aromatic nitrogens is 3. The molecule has 3 heterocycles. The standard InChI is InChI=1S/C48H30N3OP/c52-53(36-14-2-1-3-15-36)44-21-11-8-17-38(44)40-29-28-39-37-16-7-10-20-43(37)51(46(39)47(40)53)35-26-24-32(25-27-35)48-49-42-19-9-6-18-41(42)45(50-48)34-23-22-31-12-4-5-13-33(31)30-34/h1-30H.